The zero-order valence-corrected chi connectivity index (χ0v) is 12.0. The number of halogens is 1. The number of amides is 1. The van der Waals surface area contributed by atoms with Crippen molar-refractivity contribution in [2.75, 3.05) is 5.32 Å². The number of hydrogen-bond acceptors (Lipinski definition) is 1. The van der Waals surface area contributed by atoms with Gasteiger partial charge < -0.3 is 5.32 Å². The molecule has 18 heavy (non-hydrogen) atoms. The van der Waals surface area contributed by atoms with Crippen LogP contribution in [0.2, 0.25) is 5.02 Å². The molecule has 3 heteroatoms. The lowest BCUT2D eigenvalue weighted by Crippen LogP contribution is -2.17. The van der Waals surface area contributed by atoms with Gasteiger partial charge in [-0.05, 0) is 42.4 Å². The summed E-state index contributed by atoms with van der Waals surface area (Å²) in [5.41, 5.74) is 3.16. The van der Waals surface area contributed by atoms with Gasteiger partial charge in [0.25, 0.3) is 0 Å². The molecule has 1 amide bonds. The largest absolute Gasteiger partial charge is 0.325 e. The van der Waals surface area contributed by atoms with E-state index in [0.29, 0.717) is 5.92 Å². The first-order valence-electron chi connectivity index (χ1n) is 6.69. The molecule has 1 aliphatic carbocycles. The van der Waals surface area contributed by atoms with Crippen LogP contribution in [-0.2, 0) is 17.6 Å². The molecule has 1 fully saturated rings. The average Bonchev–Trinajstić information content (AvgIpc) is 3.07. The zero-order chi connectivity index (χ0) is 13.3. The Morgan fingerprint density at radius 1 is 1.39 bits per heavy atom. The van der Waals surface area contributed by atoms with Gasteiger partial charge in [0.05, 0.1) is 0 Å². The topological polar surface area (TPSA) is 29.1 Å². The van der Waals surface area contributed by atoms with E-state index in [1.807, 2.05) is 12.1 Å². The second kappa shape index (κ2) is 5.31. The van der Waals surface area contributed by atoms with Crippen LogP contribution < -0.4 is 5.32 Å². The van der Waals surface area contributed by atoms with Crippen LogP contribution in [-0.4, -0.2) is 5.91 Å². The number of benzene rings is 1. The summed E-state index contributed by atoms with van der Waals surface area (Å²) in [5.74, 6) is 0.867. The van der Waals surface area contributed by atoms with E-state index in [9.17, 15) is 4.79 Å². The maximum atomic E-state index is 12.1. The molecule has 2 rings (SSSR count). The van der Waals surface area contributed by atoms with Crippen LogP contribution in [0.1, 0.15) is 38.3 Å². The Balaban J connectivity index is 2.29. The highest BCUT2D eigenvalue weighted by Gasteiger charge is 2.39. The predicted octanol–water partition coefficient (Wildman–Crippen LogP) is 4.06. The van der Waals surface area contributed by atoms with E-state index in [4.69, 9.17) is 11.6 Å². The summed E-state index contributed by atoms with van der Waals surface area (Å²) in [6.07, 6.45) is 2.75. The fourth-order valence-electron chi connectivity index (χ4n) is 2.37. The van der Waals surface area contributed by atoms with Gasteiger partial charge in [0, 0.05) is 16.6 Å². The maximum absolute atomic E-state index is 12.1. The molecule has 0 heterocycles. The third-order valence-corrected chi connectivity index (χ3v) is 4.13. The van der Waals surface area contributed by atoms with E-state index in [0.717, 1.165) is 41.1 Å². The summed E-state index contributed by atoms with van der Waals surface area (Å²) in [5, 5.41) is 3.84. The SMILES string of the molecule is CCc1ccc(Cl)c(CC)c1NC(=O)[C@H]1C[C@@H]1C. The molecule has 1 aromatic carbocycles. The highest BCUT2D eigenvalue weighted by Crippen LogP contribution is 2.39. The molecule has 0 saturated heterocycles. The van der Waals surface area contributed by atoms with E-state index in [2.05, 4.69) is 26.1 Å². The van der Waals surface area contributed by atoms with Crippen LogP contribution in [0.25, 0.3) is 0 Å². The average molecular weight is 266 g/mol. The molecule has 2 atom stereocenters. The first-order valence-corrected chi connectivity index (χ1v) is 7.07. The molecule has 1 aromatic rings. The first kappa shape index (κ1) is 13.4. The normalized spacial score (nSPS) is 21.8. The van der Waals surface area contributed by atoms with Crippen LogP contribution in [0, 0.1) is 11.8 Å². The lowest BCUT2D eigenvalue weighted by molar-refractivity contribution is -0.117. The van der Waals surface area contributed by atoms with Crippen molar-refractivity contribution in [2.45, 2.75) is 40.0 Å². The number of hydrogen-bond donors (Lipinski definition) is 1. The monoisotopic (exact) mass is 265 g/mol. The molecule has 1 aliphatic rings. The van der Waals surface area contributed by atoms with E-state index < -0.39 is 0 Å². The minimum absolute atomic E-state index is 0.147. The molecule has 0 aliphatic heterocycles. The van der Waals surface area contributed by atoms with Gasteiger partial charge in [-0.25, -0.2) is 0 Å². The summed E-state index contributed by atoms with van der Waals surface area (Å²) in [6.45, 7) is 6.28. The molecule has 0 unspecified atom stereocenters. The van der Waals surface area contributed by atoms with Crippen LogP contribution in [0.15, 0.2) is 12.1 Å². The lowest BCUT2D eigenvalue weighted by atomic mass is 10.0. The van der Waals surface area contributed by atoms with Crippen LogP contribution in [0.3, 0.4) is 0 Å². The standard InChI is InChI=1S/C15H20ClNO/c1-4-10-6-7-13(16)11(5-2)14(10)17-15(18)12-8-9(12)3/h6-7,9,12H,4-5,8H2,1-3H3,(H,17,18)/t9-,12-/m0/s1. The van der Waals surface area contributed by atoms with Crippen molar-refractivity contribution in [2.24, 2.45) is 11.8 Å². The predicted molar refractivity (Wildman–Crippen MR) is 76.1 cm³/mol. The highest BCUT2D eigenvalue weighted by atomic mass is 35.5. The third kappa shape index (κ3) is 2.54. The molecule has 2 nitrogen and oxygen atoms in total. The molecule has 0 spiro atoms. The van der Waals surface area contributed by atoms with Crippen LogP contribution in [0.4, 0.5) is 5.69 Å². The quantitative estimate of drug-likeness (QED) is 0.874. The number of carbonyl (C=O) groups excluding carboxylic acids is 1. The molecule has 98 valence electrons. The van der Waals surface area contributed by atoms with Crippen molar-refractivity contribution < 1.29 is 4.79 Å². The zero-order valence-electron chi connectivity index (χ0n) is 11.2. The van der Waals surface area contributed by atoms with Crippen molar-refractivity contribution in [3.8, 4) is 0 Å². The van der Waals surface area contributed by atoms with E-state index in [1.54, 1.807) is 0 Å². The Bertz CT molecular complexity index is 470. The Morgan fingerprint density at radius 3 is 2.56 bits per heavy atom. The van der Waals surface area contributed by atoms with Crippen molar-refractivity contribution in [1.29, 1.82) is 0 Å². The molecular formula is C15H20ClNO. The summed E-state index contributed by atoms with van der Waals surface area (Å²) >= 11 is 6.21. The van der Waals surface area contributed by atoms with Crippen molar-refractivity contribution in [1.82, 2.24) is 0 Å². The second-order valence-electron chi connectivity index (χ2n) is 5.08. The minimum atomic E-state index is 0.147. The van der Waals surface area contributed by atoms with Gasteiger partial charge in [-0.1, -0.05) is 38.4 Å². The van der Waals surface area contributed by atoms with Crippen molar-refractivity contribution in [3.63, 3.8) is 0 Å². The fourth-order valence-corrected chi connectivity index (χ4v) is 2.66. The minimum Gasteiger partial charge on any atom is -0.325 e. The summed E-state index contributed by atoms with van der Waals surface area (Å²) in [6, 6.07) is 3.93. The van der Waals surface area contributed by atoms with Crippen molar-refractivity contribution >= 4 is 23.2 Å². The Hall–Kier alpha value is -1.02. The van der Waals surface area contributed by atoms with Gasteiger partial charge in [0.1, 0.15) is 0 Å². The van der Waals surface area contributed by atoms with E-state index in [-0.39, 0.29) is 11.8 Å². The lowest BCUT2D eigenvalue weighted by Gasteiger charge is -2.15. The molecule has 0 aromatic heterocycles. The maximum Gasteiger partial charge on any atom is 0.227 e. The molecule has 1 saturated carbocycles. The highest BCUT2D eigenvalue weighted by molar-refractivity contribution is 6.32. The number of nitrogens with one attached hydrogen (secondary N) is 1. The molecule has 0 bridgehead atoms. The number of anilines is 1. The number of rotatable bonds is 4. The van der Waals surface area contributed by atoms with Crippen molar-refractivity contribution in [3.05, 3.63) is 28.3 Å². The van der Waals surface area contributed by atoms with Gasteiger partial charge in [0.15, 0.2) is 0 Å². The number of carbonyl (C=O) groups is 1. The van der Waals surface area contributed by atoms with Gasteiger partial charge in [-0.2, -0.15) is 0 Å². The fraction of sp³-hybridized carbons (Fsp3) is 0.533. The second-order valence-corrected chi connectivity index (χ2v) is 5.48. The summed E-state index contributed by atoms with van der Waals surface area (Å²) < 4.78 is 0. The van der Waals surface area contributed by atoms with Gasteiger partial charge >= 0.3 is 0 Å². The van der Waals surface area contributed by atoms with Crippen LogP contribution in [0.5, 0.6) is 0 Å². The van der Waals surface area contributed by atoms with Gasteiger partial charge in [-0.15, -0.1) is 0 Å². The smallest absolute Gasteiger partial charge is 0.227 e. The third-order valence-electron chi connectivity index (χ3n) is 3.77. The Labute approximate surface area is 114 Å². The summed E-state index contributed by atoms with van der Waals surface area (Å²) in [7, 11) is 0. The number of aryl methyl sites for hydroxylation is 1. The summed E-state index contributed by atoms with van der Waals surface area (Å²) in [4.78, 5) is 12.1. The van der Waals surface area contributed by atoms with E-state index >= 15 is 0 Å². The molecule has 0 radical (unpaired) electrons. The molecule has 1 N–H and O–H groups in total. The molecular weight excluding hydrogens is 246 g/mol. The Kier molecular flexibility index (Phi) is 3.96. The van der Waals surface area contributed by atoms with E-state index in [1.165, 1.54) is 0 Å². The van der Waals surface area contributed by atoms with Gasteiger partial charge in [-0.3, -0.25) is 4.79 Å². The Morgan fingerprint density at radius 2 is 2.06 bits per heavy atom. The first-order chi connectivity index (χ1) is 8.58. The van der Waals surface area contributed by atoms with Crippen LogP contribution >= 0.6 is 11.6 Å². The van der Waals surface area contributed by atoms with Gasteiger partial charge in [0.2, 0.25) is 5.91 Å².